The fourth-order valence-electron chi connectivity index (χ4n) is 1.70. The van der Waals surface area contributed by atoms with E-state index in [-0.39, 0.29) is 11.8 Å². The van der Waals surface area contributed by atoms with E-state index in [1.54, 1.807) is 6.07 Å². The number of amides is 1. The molecule has 0 bridgehead atoms. The van der Waals surface area contributed by atoms with Crippen LogP contribution in [0, 0.1) is 12.8 Å². The number of carbonyl (C=O) groups is 1. The molecule has 1 N–H and O–H groups in total. The van der Waals surface area contributed by atoms with Crippen LogP contribution in [-0.2, 0) is 4.79 Å². The SMILES string of the molecule is Cc1ccc(Cl)cc1NC(=O)C1CCSC1. The zero-order valence-corrected chi connectivity index (χ0v) is 10.7. The van der Waals surface area contributed by atoms with Gasteiger partial charge in [-0.2, -0.15) is 11.8 Å². The molecule has 1 aromatic rings. The Morgan fingerprint density at radius 3 is 3.06 bits per heavy atom. The van der Waals surface area contributed by atoms with Crippen LogP contribution >= 0.6 is 23.4 Å². The molecule has 0 aliphatic carbocycles. The lowest BCUT2D eigenvalue weighted by molar-refractivity contribution is -0.119. The van der Waals surface area contributed by atoms with Gasteiger partial charge < -0.3 is 5.32 Å². The normalized spacial score (nSPS) is 19.8. The number of nitrogens with one attached hydrogen (secondary N) is 1. The first-order valence-electron chi connectivity index (χ1n) is 5.31. The van der Waals surface area contributed by atoms with Gasteiger partial charge in [0.2, 0.25) is 5.91 Å². The number of hydrogen-bond donors (Lipinski definition) is 1. The fourth-order valence-corrected chi connectivity index (χ4v) is 3.10. The molecular weight excluding hydrogens is 242 g/mol. The largest absolute Gasteiger partial charge is 0.326 e. The van der Waals surface area contributed by atoms with Crippen LogP contribution in [0.5, 0.6) is 0 Å². The molecule has 1 unspecified atom stereocenters. The van der Waals surface area contributed by atoms with Gasteiger partial charge in [-0.15, -0.1) is 0 Å². The summed E-state index contributed by atoms with van der Waals surface area (Å²) in [5.41, 5.74) is 1.87. The van der Waals surface area contributed by atoms with Crippen LogP contribution in [0.2, 0.25) is 5.02 Å². The zero-order valence-electron chi connectivity index (χ0n) is 9.13. The van der Waals surface area contributed by atoms with Gasteiger partial charge in [0.25, 0.3) is 0 Å². The van der Waals surface area contributed by atoms with E-state index in [0.29, 0.717) is 5.02 Å². The molecule has 1 amide bonds. The molecule has 0 spiro atoms. The second-order valence-electron chi connectivity index (χ2n) is 4.01. The fraction of sp³-hybridized carbons (Fsp3) is 0.417. The minimum absolute atomic E-state index is 0.121. The predicted molar refractivity (Wildman–Crippen MR) is 70.3 cm³/mol. The van der Waals surface area contributed by atoms with E-state index < -0.39 is 0 Å². The molecule has 1 aliphatic heterocycles. The minimum atomic E-state index is 0.121. The summed E-state index contributed by atoms with van der Waals surface area (Å²) in [7, 11) is 0. The van der Waals surface area contributed by atoms with Crippen molar-refractivity contribution >= 4 is 35.0 Å². The van der Waals surface area contributed by atoms with Crippen molar-refractivity contribution < 1.29 is 4.79 Å². The van der Waals surface area contributed by atoms with Crippen LogP contribution < -0.4 is 5.32 Å². The van der Waals surface area contributed by atoms with Gasteiger partial charge in [0, 0.05) is 22.4 Å². The highest BCUT2D eigenvalue weighted by molar-refractivity contribution is 7.99. The summed E-state index contributed by atoms with van der Waals surface area (Å²) in [5, 5.41) is 3.61. The van der Waals surface area contributed by atoms with Gasteiger partial charge in [-0.05, 0) is 36.8 Å². The second-order valence-corrected chi connectivity index (χ2v) is 5.60. The third kappa shape index (κ3) is 2.71. The number of aryl methyl sites for hydroxylation is 1. The van der Waals surface area contributed by atoms with E-state index in [4.69, 9.17) is 11.6 Å². The van der Waals surface area contributed by atoms with Crippen LogP contribution in [0.25, 0.3) is 0 Å². The summed E-state index contributed by atoms with van der Waals surface area (Å²) >= 11 is 7.75. The van der Waals surface area contributed by atoms with Crippen molar-refractivity contribution in [3.8, 4) is 0 Å². The highest BCUT2D eigenvalue weighted by Crippen LogP contribution is 2.26. The molecule has 16 heavy (non-hydrogen) atoms. The average Bonchev–Trinajstić information content (AvgIpc) is 2.76. The molecule has 1 saturated heterocycles. The lowest BCUT2D eigenvalue weighted by Crippen LogP contribution is -2.22. The van der Waals surface area contributed by atoms with Crippen molar-refractivity contribution in [2.24, 2.45) is 5.92 Å². The zero-order chi connectivity index (χ0) is 11.5. The van der Waals surface area contributed by atoms with Crippen molar-refractivity contribution in [2.75, 3.05) is 16.8 Å². The summed E-state index contributed by atoms with van der Waals surface area (Å²) in [5.74, 6) is 2.30. The minimum Gasteiger partial charge on any atom is -0.326 e. The molecule has 1 aromatic carbocycles. The first-order chi connectivity index (χ1) is 7.66. The number of hydrogen-bond acceptors (Lipinski definition) is 2. The lowest BCUT2D eigenvalue weighted by atomic mass is 10.1. The highest BCUT2D eigenvalue weighted by Gasteiger charge is 2.23. The van der Waals surface area contributed by atoms with Gasteiger partial charge in [-0.3, -0.25) is 4.79 Å². The van der Waals surface area contributed by atoms with Gasteiger partial charge in [0.15, 0.2) is 0 Å². The van der Waals surface area contributed by atoms with Gasteiger partial charge in [-0.1, -0.05) is 17.7 Å². The monoisotopic (exact) mass is 255 g/mol. The Morgan fingerprint density at radius 2 is 2.38 bits per heavy atom. The molecule has 86 valence electrons. The Hall–Kier alpha value is -0.670. The number of carbonyl (C=O) groups excluding carboxylic acids is 1. The van der Waals surface area contributed by atoms with E-state index >= 15 is 0 Å². The summed E-state index contributed by atoms with van der Waals surface area (Å²) in [6.07, 6.45) is 0.982. The van der Waals surface area contributed by atoms with E-state index in [2.05, 4.69) is 5.32 Å². The highest BCUT2D eigenvalue weighted by atomic mass is 35.5. The molecule has 1 aliphatic rings. The topological polar surface area (TPSA) is 29.1 Å². The van der Waals surface area contributed by atoms with E-state index in [9.17, 15) is 4.79 Å². The Labute approximate surface area is 105 Å². The molecule has 4 heteroatoms. The summed E-state index contributed by atoms with van der Waals surface area (Å²) in [4.78, 5) is 11.9. The summed E-state index contributed by atoms with van der Waals surface area (Å²) < 4.78 is 0. The summed E-state index contributed by atoms with van der Waals surface area (Å²) in [6.45, 7) is 1.97. The average molecular weight is 256 g/mol. The van der Waals surface area contributed by atoms with Crippen molar-refractivity contribution in [3.63, 3.8) is 0 Å². The maximum Gasteiger partial charge on any atom is 0.228 e. The molecule has 2 nitrogen and oxygen atoms in total. The summed E-state index contributed by atoms with van der Waals surface area (Å²) in [6, 6.07) is 5.55. The number of thioether (sulfide) groups is 1. The number of halogens is 1. The van der Waals surface area contributed by atoms with Crippen molar-refractivity contribution in [3.05, 3.63) is 28.8 Å². The molecular formula is C12H14ClNOS. The van der Waals surface area contributed by atoms with Crippen LogP contribution in [0.4, 0.5) is 5.69 Å². The predicted octanol–water partition coefficient (Wildman–Crippen LogP) is 3.34. The molecule has 1 heterocycles. The number of benzene rings is 1. The molecule has 0 radical (unpaired) electrons. The quantitative estimate of drug-likeness (QED) is 0.878. The molecule has 1 atom stereocenters. The van der Waals surface area contributed by atoms with Crippen molar-refractivity contribution in [1.29, 1.82) is 0 Å². The Bertz CT molecular complexity index is 402. The van der Waals surface area contributed by atoms with Gasteiger partial charge in [0.05, 0.1) is 0 Å². The smallest absolute Gasteiger partial charge is 0.228 e. The van der Waals surface area contributed by atoms with E-state index in [1.807, 2.05) is 30.8 Å². The Kier molecular flexibility index (Phi) is 3.77. The lowest BCUT2D eigenvalue weighted by Gasteiger charge is -2.12. The van der Waals surface area contributed by atoms with Gasteiger partial charge in [-0.25, -0.2) is 0 Å². The maximum atomic E-state index is 11.9. The van der Waals surface area contributed by atoms with Gasteiger partial charge in [0.1, 0.15) is 0 Å². The standard InChI is InChI=1S/C12H14ClNOS/c1-8-2-3-10(13)6-11(8)14-12(15)9-4-5-16-7-9/h2-3,6,9H,4-5,7H2,1H3,(H,14,15). The van der Waals surface area contributed by atoms with E-state index in [1.165, 1.54) is 0 Å². The molecule has 0 aromatic heterocycles. The third-order valence-electron chi connectivity index (χ3n) is 2.76. The third-order valence-corrected chi connectivity index (χ3v) is 4.16. The molecule has 2 rings (SSSR count). The van der Waals surface area contributed by atoms with Gasteiger partial charge >= 0.3 is 0 Å². The first kappa shape index (κ1) is 11.8. The number of anilines is 1. The van der Waals surface area contributed by atoms with E-state index in [0.717, 1.165) is 29.2 Å². The van der Waals surface area contributed by atoms with Crippen LogP contribution in [0.3, 0.4) is 0 Å². The van der Waals surface area contributed by atoms with Crippen LogP contribution in [0.1, 0.15) is 12.0 Å². The first-order valence-corrected chi connectivity index (χ1v) is 6.85. The second kappa shape index (κ2) is 5.11. The Balaban J connectivity index is 2.07. The Morgan fingerprint density at radius 1 is 1.56 bits per heavy atom. The van der Waals surface area contributed by atoms with Crippen molar-refractivity contribution in [2.45, 2.75) is 13.3 Å². The maximum absolute atomic E-state index is 11.9. The van der Waals surface area contributed by atoms with Crippen molar-refractivity contribution in [1.82, 2.24) is 0 Å². The molecule has 1 fully saturated rings. The molecule has 0 saturated carbocycles. The van der Waals surface area contributed by atoms with Crippen LogP contribution in [0.15, 0.2) is 18.2 Å². The van der Waals surface area contributed by atoms with Crippen LogP contribution in [-0.4, -0.2) is 17.4 Å². The number of rotatable bonds is 2.